The summed E-state index contributed by atoms with van der Waals surface area (Å²) in [7, 11) is 2.22. The monoisotopic (exact) mass is 147 g/mol. The van der Waals surface area contributed by atoms with Crippen molar-refractivity contribution in [1.29, 1.82) is 0 Å². The molecular weight excluding hydrogens is 138 g/mol. The van der Waals surface area contributed by atoms with Gasteiger partial charge in [-0.15, -0.1) is 23.5 Å². The zero-order valence-electron chi connectivity index (χ0n) is 4.83. The fourth-order valence-electron chi connectivity index (χ4n) is 0.965. The van der Waals surface area contributed by atoms with Gasteiger partial charge < -0.3 is 0 Å². The van der Waals surface area contributed by atoms with Gasteiger partial charge in [0.15, 0.2) is 0 Å². The highest BCUT2D eigenvalue weighted by atomic mass is 32.2. The van der Waals surface area contributed by atoms with Crippen molar-refractivity contribution in [3.63, 3.8) is 0 Å². The molecular formula is C5H9NS2. The van der Waals surface area contributed by atoms with Gasteiger partial charge in [-0.25, -0.2) is 0 Å². The summed E-state index contributed by atoms with van der Waals surface area (Å²) in [5.41, 5.74) is 0. The van der Waals surface area contributed by atoms with E-state index in [1.807, 2.05) is 0 Å². The van der Waals surface area contributed by atoms with Gasteiger partial charge in [-0.3, -0.25) is 4.90 Å². The minimum Gasteiger partial charge on any atom is -0.292 e. The molecule has 0 aromatic carbocycles. The highest BCUT2D eigenvalue weighted by Crippen LogP contribution is 2.52. The Morgan fingerprint density at radius 1 is 1.62 bits per heavy atom. The van der Waals surface area contributed by atoms with E-state index in [-0.39, 0.29) is 0 Å². The third-order valence-corrected chi connectivity index (χ3v) is 4.63. The maximum absolute atomic E-state index is 2.45. The fourth-order valence-corrected chi connectivity index (χ4v) is 3.85. The van der Waals surface area contributed by atoms with Gasteiger partial charge in [0.25, 0.3) is 0 Å². The highest BCUT2D eigenvalue weighted by molar-refractivity contribution is 8.24. The number of fused-ring (bicyclic) bond motifs is 1. The predicted molar refractivity (Wildman–Crippen MR) is 40.3 cm³/mol. The molecule has 2 aliphatic rings. The van der Waals surface area contributed by atoms with E-state index >= 15 is 0 Å². The molecule has 0 bridgehead atoms. The van der Waals surface area contributed by atoms with E-state index in [0.29, 0.717) is 0 Å². The van der Waals surface area contributed by atoms with Crippen LogP contribution in [0.1, 0.15) is 0 Å². The van der Waals surface area contributed by atoms with Crippen LogP contribution in [0.15, 0.2) is 0 Å². The van der Waals surface area contributed by atoms with E-state index in [1.54, 1.807) is 0 Å². The number of hydrogen-bond acceptors (Lipinski definition) is 3. The average molecular weight is 147 g/mol. The zero-order chi connectivity index (χ0) is 5.56. The Hall–Kier alpha value is 0.660. The van der Waals surface area contributed by atoms with Crippen LogP contribution in [0.4, 0.5) is 0 Å². The van der Waals surface area contributed by atoms with Crippen LogP contribution in [0.2, 0.25) is 0 Å². The SMILES string of the molecule is CN1CCSC2SC21. The van der Waals surface area contributed by atoms with Crippen LogP contribution < -0.4 is 0 Å². The van der Waals surface area contributed by atoms with Crippen LogP contribution in [0.25, 0.3) is 0 Å². The van der Waals surface area contributed by atoms with Crippen molar-refractivity contribution < 1.29 is 0 Å². The molecule has 0 amide bonds. The second-order valence-corrected chi connectivity index (χ2v) is 5.06. The zero-order valence-corrected chi connectivity index (χ0v) is 6.47. The lowest BCUT2D eigenvalue weighted by molar-refractivity contribution is 0.361. The molecule has 2 saturated heterocycles. The number of nitrogens with zero attached hydrogens (tertiary/aromatic N) is 1. The summed E-state index contributed by atoms with van der Waals surface area (Å²) in [6, 6.07) is 0. The van der Waals surface area contributed by atoms with Gasteiger partial charge in [-0.2, -0.15) is 0 Å². The van der Waals surface area contributed by atoms with Crippen LogP contribution in [-0.2, 0) is 0 Å². The summed E-state index contributed by atoms with van der Waals surface area (Å²) in [6.07, 6.45) is 0. The molecule has 1 nitrogen and oxygen atoms in total. The molecule has 0 aromatic heterocycles. The molecule has 46 valence electrons. The third kappa shape index (κ3) is 0.769. The van der Waals surface area contributed by atoms with Crippen LogP contribution in [-0.4, -0.2) is 34.2 Å². The molecule has 2 aliphatic heterocycles. The first kappa shape index (κ1) is 5.45. The third-order valence-electron chi connectivity index (χ3n) is 1.59. The predicted octanol–water partition coefficient (Wildman–Crippen LogP) is 1.06. The first-order valence-electron chi connectivity index (χ1n) is 2.85. The second kappa shape index (κ2) is 1.82. The Kier molecular flexibility index (Phi) is 1.24. The Morgan fingerprint density at radius 3 is 3.12 bits per heavy atom. The summed E-state index contributed by atoms with van der Waals surface area (Å²) in [6.45, 7) is 1.29. The van der Waals surface area contributed by atoms with Crippen LogP contribution in [0, 0.1) is 0 Å². The minimum absolute atomic E-state index is 0.883. The maximum atomic E-state index is 2.45. The summed E-state index contributed by atoms with van der Waals surface area (Å²) in [5, 5.41) is 0.883. The molecule has 0 radical (unpaired) electrons. The first-order chi connectivity index (χ1) is 3.88. The van der Waals surface area contributed by atoms with E-state index in [2.05, 4.69) is 35.5 Å². The topological polar surface area (TPSA) is 3.24 Å². The Bertz CT molecular complexity index is 107. The summed E-state index contributed by atoms with van der Waals surface area (Å²) in [4.78, 5) is 2.45. The lowest BCUT2D eigenvalue weighted by Crippen LogP contribution is -2.28. The van der Waals surface area contributed by atoms with Crippen molar-refractivity contribution in [2.75, 3.05) is 19.3 Å². The Balaban J connectivity index is 1.99. The largest absolute Gasteiger partial charge is 0.292 e. The molecule has 0 spiro atoms. The van der Waals surface area contributed by atoms with Gasteiger partial charge in [0.2, 0.25) is 0 Å². The van der Waals surface area contributed by atoms with E-state index < -0.39 is 0 Å². The Morgan fingerprint density at radius 2 is 2.50 bits per heavy atom. The second-order valence-electron chi connectivity index (χ2n) is 2.25. The van der Waals surface area contributed by atoms with Gasteiger partial charge in [-0.05, 0) is 7.05 Å². The van der Waals surface area contributed by atoms with E-state index in [4.69, 9.17) is 0 Å². The van der Waals surface area contributed by atoms with Crippen molar-refractivity contribution in [2.24, 2.45) is 0 Å². The lowest BCUT2D eigenvalue weighted by atomic mass is 10.6. The number of hydrogen-bond donors (Lipinski definition) is 0. The standard InChI is InChI=1S/C5H9NS2/c1-6-2-3-7-5-4(6)8-5/h4-5H,2-3H2,1H3. The molecule has 0 aromatic rings. The number of thioether (sulfide) groups is 2. The first-order valence-corrected chi connectivity index (χ1v) is 4.84. The summed E-state index contributed by atoms with van der Waals surface area (Å²) in [5.74, 6) is 1.34. The van der Waals surface area contributed by atoms with Crippen LogP contribution >= 0.6 is 23.5 Å². The van der Waals surface area contributed by atoms with Crippen molar-refractivity contribution >= 4 is 23.5 Å². The number of rotatable bonds is 0. The van der Waals surface area contributed by atoms with Gasteiger partial charge in [0.1, 0.15) is 0 Å². The molecule has 2 heterocycles. The van der Waals surface area contributed by atoms with Crippen molar-refractivity contribution in [3.8, 4) is 0 Å². The van der Waals surface area contributed by atoms with Gasteiger partial charge >= 0.3 is 0 Å². The molecule has 0 saturated carbocycles. The highest BCUT2D eigenvalue weighted by Gasteiger charge is 2.44. The summed E-state index contributed by atoms with van der Waals surface area (Å²) >= 11 is 4.21. The molecule has 3 heteroatoms. The van der Waals surface area contributed by atoms with Gasteiger partial charge in [0.05, 0.1) is 9.96 Å². The van der Waals surface area contributed by atoms with Crippen LogP contribution in [0.3, 0.4) is 0 Å². The molecule has 0 N–H and O–H groups in total. The normalized spacial score (nSPS) is 46.1. The van der Waals surface area contributed by atoms with Crippen molar-refractivity contribution in [3.05, 3.63) is 0 Å². The Labute approximate surface area is 58.2 Å². The smallest absolute Gasteiger partial charge is 0.0781 e. The molecule has 2 fully saturated rings. The fraction of sp³-hybridized carbons (Fsp3) is 1.00. The lowest BCUT2D eigenvalue weighted by Gasteiger charge is -2.18. The molecule has 2 unspecified atom stereocenters. The van der Waals surface area contributed by atoms with E-state index in [9.17, 15) is 0 Å². The van der Waals surface area contributed by atoms with E-state index in [0.717, 1.165) is 9.96 Å². The molecule has 2 atom stereocenters. The van der Waals surface area contributed by atoms with Gasteiger partial charge in [-0.1, -0.05) is 0 Å². The minimum atomic E-state index is 0.883. The average Bonchev–Trinajstić information content (AvgIpc) is 2.45. The molecule has 8 heavy (non-hydrogen) atoms. The quantitative estimate of drug-likeness (QED) is 0.472. The van der Waals surface area contributed by atoms with Crippen LogP contribution in [0.5, 0.6) is 0 Å². The van der Waals surface area contributed by atoms with E-state index in [1.165, 1.54) is 12.3 Å². The molecule has 2 rings (SSSR count). The maximum Gasteiger partial charge on any atom is 0.0781 e. The van der Waals surface area contributed by atoms with Crippen molar-refractivity contribution in [1.82, 2.24) is 4.90 Å². The summed E-state index contributed by atoms with van der Waals surface area (Å²) < 4.78 is 0.939. The van der Waals surface area contributed by atoms with Gasteiger partial charge in [0, 0.05) is 12.3 Å². The van der Waals surface area contributed by atoms with Crippen molar-refractivity contribution in [2.45, 2.75) is 9.96 Å². The molecule has 0 aliphatic carbocycles.